The van der Waals surface area contributed by atoms with Crippen LogP contribution in [0.1, 0.15) is 10.4 Å². The number of ether oxygens (including phenoxy) is 1. The maximum absolute atomic E-state index is 13.4. The molecule has 1 rings (SSSR count). The van der Waals surface area contributed by atoms with Gasteiger partial charge in [0, 0.05) is 6.07 Å². The predicted molar refractivity (Wildman–Crippen MR) is 60.6 cm³/mol. The predicted octanol–water partition coefficient (Wildman–Crippen LogP) is 3.03. The van der Waals surface area contributed by atoms with Gasteiger partial charge in [-0.2, -0.15) is 0 Å². The Kier molecular flexibility index (Phi) is 3.80. The molecule has 0 aliphatic rings. The third-order valence-corrected chi connectivity index (χ3v) is 2.82. The Morgan fingerprint density at radius 1 is 1.31 bits per heavy atom. The maximum atomic E-state index is 13.4. The summed E-state index contributed by atoms with van der Waals surface area (Å²) < 4.78 is 31.5. The van der Waals surface area contributed by atoms with Crippen LogP contribution in [0.5, 0.6) is 5.75 Å². The fraction of sp³-hybridized carbons (Fsp3) is 0.364. The van der Waals surface area contributed by atoms with Crippen molar-refractivity contribution in [1.82, 2.24) is 0 Å². The molecule has 16 heavy (non-hydrogen) atoms. The van der Waals surface area contributed by atoms with Gasteiger partial charge in [-0.05, 0) is 6.07 Å². The summed E-state index contributed by atoms with van der Waals surface area (Å²) in [7, 11) is -1.51. The highest BCUT2D eigenvalue weighted by atomic mass is 28.3. The van der Waals surface area contributed by atoms with E-state index in [0.29, 0.717) is 18.6 Å². The molecule has 88 valence electrons. The minimum Gasteiger partial charge on any atom is -0.493 e. The Morgan fingerprint density at radius 3 is 2.44 bits per heavy atom. The molecule has 0 aromatic heterocycles. The Bertz CT molecular complexity index is 400. The second-order valence-electron chi connectivity index (χ2n) is 4.77. The quantitative estimate of drug-likeness (QED) is 0.601. The number of carbonyl (C=O) groups excluding carboxylic acids is 1. The molecule has 0 unspecified atom stereocenters. The molecular formula is C11H14F2O2Si. The van der Waals surface area contributed by atoms with Crippen molar-refractivity contribution < 1.29 is 18.3 Å². The molecular weight excluding hydrogens is 230 g/mol. The van der Waals surface area contributed by atoms with Gasteiger partial charge in [-0.15, -0.1) is 0 Å². The van der Waals surface area contributed by atoms with Gasteiger partial charge in [0.25, 0.3) is 0 Å². The van der Waals surface area contributed by atoms with Crippen LogP contribution < -0.4 is 4.74 Å². The van der Waals surface area contributed by atoms with E-state index in [4.69, 9.17) is 4.74 Å². The lowest BCUT2D eigenvalue weighted by Crippen LogP contribution is -2.30. The van der Waals surface area contributed by atoms with Crippen molar-refractivity contribution in [3.05, 3.63) is 29.3 Å². The largest absolute Gasteiger partial charge is 0.493 e. The first-order valence-electron chi connectivity index (χ1n) is 4.90. The molecule has 0 aliphatic carbocycles. The van der Waals surface area contributed by atoms with Crippen LogP contribution in [-0.2, 0) is 0 Å². The van der Waals surface area contributed by atoms with Gasteiger partial charge in [0.1, 0.15) is 5.82 Å². The van der Waals surface area contributed by atoms with E-state index in [1.807, 2.05) is 0 Å². The smallest absolute Gasteiger partial charge is 0.168 e. The van der Waals surface area contributed by atoms with Crippen molar-refractivity contribution in [2.45, 2.75) is 19.6 Å². The fourth-order valence-corrected chi connectivity index (χ4v) is 1.69. The summed E-state index contributed by atoms with van der Waals surface area (Å²) in [5.74, 6) is -1.76. The van der Waals surface area contributed by atoms with Gasteiger partial charge in [0.2, 0.25) is 0 Å². The second kappa shape index (κ2) is 4.74. The maximum Gasteiger partial charge on any atom is 0.168 e. The first-order valence-corrected chi connectivity index (χ1v) is 8.61. The van der Waals surface area contributed by atoms with Gasteiger partial charge in [0.15, 0.2) is 17.9 Å². The Balaban J connectivity index is 2.99. The van der Waals surface area contributed by atoms with Gasteiger partial charge < -0.3 is 4.74 Å². The van der Waals surface area contributed by atoms with Crippen molar-refractivity contribution in [3.8, 4) is 5.75 Å². The lowest BCUT2D eigenvalue weighted by atomic mass is 10.2. The lowest BCUT2D eigenvalue weighted by Gasteiger charge is -2.18. The first-order chi connectivity index (χ1) is 7.33. The van der Waals surface area contributed by atoms with E-state index < -0.39 is 19.7 Å². The minimum absolute atomic E-state index is 0.0873. The van der Waals surface area contributed by atoms with E-state index in [9.17, 15) is 13.6 Å². The molecule has 0 atom stereocenters. The van der Waals surface area contributed by atoms with Crippen molar-refractivity contribution >= 4 is 14.4 Å². The molecule has 0 N–H and O–H groups in total. The van der Waals surface area contributed by atoms with E-state index in [1.54, 1.807) is 0 Å². The van der Waals surface area contributed by atoms with E-state index in [0.717, 1.165) is 6.07 Å². The van der Waals surface area contributed by atoms with E-state index in [2.05, 4.69) is 19.6 Å². The molecule has 1 aromatic carbocycles. The highest BCUT2D eigenvalue weighted by molar-refractivity contribution is 6.76. The van der Waals surface area contributed by atoms with Crippen LogP contribution >= 0.6 is 0 Å². The zero-order valence-corrected chi connectivity index (χ0v) is 10.5. The molecule has 1 aromatic rings. The summed E-state index contributed by atoms with van der Waals surface area (Å²) in [6, 6.07) is 1.68. The lowest BCUT2D eigenvalue weighted by molar-refractivity contribution is 0.111. The highest BCUT2D eigenvalue weighted by Gasteiger charge is 2.18. The monoisotopic (exact) mass is 244 g/mol. The van der Waals surface area contributed by atoms with Crippen LogP contribution in [0.3, 0.4) is 0 Å². The molecule has 0 heterocycles. The van der Waals surface area contributed by atoms with Gasteiger partial charge in [-0.3, -0.25) is 4.79 Å². The zero-order chi connectivity index (χ0) is 12.3. The fourth-order valence-electron chi connectivity index (χ4n) is 1.11. The number of carbonyl (C=O) groups is 1. The van der Waals surface area contributed by atoms with Gasteiger partial charge in [-0.1, -0.05) is 19.6 Å². The molecule has 0 fully saturated rings. The van der Waals surface area contributed by atoms with Crippen molar-refractivity contribution in [2.24, 2.45) is 0 Å². The van der Waals surface area contributed by atoms with Gasteiger partial charge >= 0.3 is 0 Å². The first kappa shape index (κ1) is 12.8. The van der Waals surface area contributed by atoms with Gasteiger partial charge in [-0.25, -0.2) is 8.78 Å². The highest BCUT2D eigenvalue weighted by Crippen LogP contribution is 2.23. The number of hydrogen-bond acceptors (Lipinski definition) is 2. The number of rotatable bonds is 4. The molecule has 0 saturated carbocycles. The summed E-state index contributed by atoms with van der Waals surface area (Å²) in [6.07, 6.45) is 0.780. The molecule has 0 amide bonds. The molecule has 2 nitrogen and oxygen atoms in total. The summed E-state index contributed by atoms with van der Waals surface area (Å²) >= 11 is 0. The van der Waals surface area contributed by atoms with Crippen molar-refractivity contribution in [2.75, 3.05) is 6.23 Å². The number of hydrogen-bond donors (Lipinski definition) is 0. The van der Waals surface area contributed by atoms with Crippen LogP contribution in [-0.4, -0.2) is 20.6 Å². The second-order valence-corrected chi connectivity index (χ2v) is 10.2. The van der Waals surface area contributed by atoms with Crippen LogP contribution in [0.15, 0.2) is 12.1 Å². The summed E-state index contributed by atoms with van der Waals surface area (Å²) in [4.78, 5) is 10.7. The molecule has 0 saturated heterocycles. The minimum atomic E-state index is -1.51. The molecule has 0 aliphatic heterocycles. The Labute approximate surface area is 94.2 Å². The third kappa shape index (κ3) is 3.41. The molecule has 5 heteroatoms. The number of halogens is 2. The number of aldehydes is 1. The normalized spacial score (nSPS) is 11.3. The SMILES string of the molecule is C[Si](C)(C)COc1c(F)cc(F)cc1C=O. The zero-order valence-electron chi connectivity index (χ0n) is 9.51. The van der Waals surface area contributed by atoms with E-state index >= 15 is 0 Å². The van der Waals surface area contributed by atoms with Crippen molar-refractivity contribution in [3.63, 3.8) is 0 Å². The average molecular weight is 244 g/mol. The number of benzene rings is 1. The summed E-state index contributed by atoms with van der Waals surface area (Å²) in [5.41, 5.74) is -0.0873. The molecule has 0 spiro atoms. The van der Waals surface area contributed by atoms with Crippen LogP contribution in [0.25, 0.3) is 0 Å². The topological polar surface area (TPSA) is 26.3 Å². The summed E-state index contributed by atoms with van der Waals surface area (Å²) in [5, 5.41) is 0. The molecule has 0 bridgehead atoms. The van der Waals surface area contributed by atoms with Crippen molar-refractivity contribution in [1.29, 1.82) is 0 Å². The third-order valence-electron chi connectivity index (χ3n) is 1.81. The Hall–Kier alpha value is -1.23. The van der Waals surface area contributed by atoms with E-state index in [-0.39, 0.29) is 11.3 Å². The van der Waals surface area contributed by atoms with E-state index in [1.165, 1.54) is 0 Å². The summed E-state index contributed by atoms with van der Waals surface area (Å²) in [6.45, 7) is 6.15. The van der Waals surface area contributed by atoms with Crippen LogP contribution in [0.4, 0.5) is 8.78 Å². The van der Waals surface area contributed by atoms with Crippen LogP contribution in [0, 0.1) is 11.6 Å². The van der Waals surface area contributed by atoms with Crippen LogP contribution in [0.2, 0.25) is 19.6 Å². The standard InChI is InChI=1S/C11H14F2O2Si/c1-16(2,3)7-15-11-8(6-14)4-9(12)5-10(11)13/h4-6H,7H2,1-3H3. The van der Waals surface area contributed by atoms with Gasteiger partial charge in [0.05, 0.1) is 19.9 Å². The Morgan fingerprint density at radius 2 is 1.94 bits per heavy atom. The molecule has 0 radical (unpaired) electrons. The average Bonchev–Trinajstić information content (AvgIpc) is 2.13.